The van der Waals surface area contributed by atoms with E-state index in [-0.39, 0.29) is 5.97 Å². The summed E-state index contributed by atoms with van der Waals surface area (Å²) < 4.78 is 4.72. The average molecular weight is 303 g/mol. The molecule has 0 aliphatic carbocycles. The number of benzene rings is 1. The van der Waals surface area contributed by atoms with Crippen LogP contribution in [0.4, 0.5) is 0 Å². The molecule has 1 heterocycles. The van der Waals surface area contributed by atoms with Gasteiger partial charge in [0.2, 0.25) is 0 Å². The Morgan fingerprint density at radius 1 is 1.19 bits per heavy atom. The Morgan fingerprint density at radius 2 is 1.90 bits per heavy atom. The number of hydrogen-bond donors (Lipinski definition) is 0. The summed E-state index contributed by atoms with van der Waals surface area (Å²) in [6.45, 7) is 6.23. The number of carbonyl (C=O) groups excluding carboxylic acids is 1. The van der Waals surface area contributed by atoms with Crippen molar-refractivity contribution in [1.29, 1.82) is 0 Å². The van der Waals surface area contributed by atoms with Gasteiger partial charge in [0.1, 0.15) is 0 Å². The van der Waals surface area contributed by atoms with Gasteiger partial charge in [-0.15, -0.1) is 11.3 Å². The Hall–Kier alpha value is -1.65. The third kappa shape index (κ3) is 4.41. The summed E-state index contributed by atoms with van der Waals surface area (Å²) in [4.78, 5) is 15.2. The van der Waals surface area contributed by atoms with E-state index in [1.54, 1.807) is 11.3 Å². The molecule has 0 fully saturated rings. The molecule has 0 radical (unpaired) electrons. The van der Waals surface area contributed by atoms with Crippen LogP contribution in [0.25, 0.3) is 0 Å². The minimum atomic E-state index is -0.291. The molecule has 0 N–H and O–H groups in total. The molecule has 21 heavy (non-hydrogen) atoms. The summed E-state index contributed by atoms with van der Waals surface area (Å²) in [6, 6.07) is 12.4. The maximum absolute atomic E-state index is 11.4. The van der Waals surface area contributed by atoms with Crippen LogP contribution in [0, 0.1) is 0 Å². The van der Waals surface area contributed by atoms with Crippen LogP contribution in [0.2, 0.25) is 0 Å². The largest absolute Gasteiger partial charge is 0.465 e. The fraction of sp³-hybridized carbons (Fsp3) is 0.353. The van der Waals surface area contributed by atoms with E-state index in [2.05, 4.69) is 36.3 Å². The summed E-state index contributed by atoms with van der Waals surface area (Å²) in [5.41, 5.74) is 1.79. The Bertz CT molecular complexity index is 561. The topological polar surface area (TPSA) is 29.5 Å². The van der Waals surface area contributed by atoms with Crippen molar-refractivity contribution in [1.82, 2.24) is 4.90 Å². The Morgan fingerprint density at radius 3 is 2.43 bits per heavy atom. The zero-order valence-electron chi connectivity index (χ0n) is 12.7. The van der Waals surface area contributed by atoms with Crippen LogP contribution in [0.15, 0.2) is 41.8 Å². The molecular weight excluding hydrogens is 282 g/mol. The van der Waals surface area contributed by atoms with Gasteiger partial charge < -0.3 is 4.74 Å². The minimum Gasteiger partial charge on any atom is -0.465 e. The normalized spacial score (nSPS) is 11.1. The molecule has 0 atom stereocenters. The van der Waals surface area contributed by atoms with E-state index >= 15 is 0 Å². The molecule has 1 aromatic carbocycles. The van der Waals surface area contributed by atoms with Crippen molar-refractivity contribution in [2.75, 3.05) is 7.11 Å². The molecule has 112 valence electrons. The van der Waals surface area contributed by atoms with Gasteiger partial charge in [0.05, 0.1) is 12.7 Å². The highest BCUT2D eigenvalue weighted by atomic mass is 32.1. The predicted molar refractivity (Wildman–Crippen MR) is 86.5 cm³/mol. The van der Waals surface area contributed by atoms with Crippen LogP contribution in [-0.2, 0) is 17.8 Å². The first-order valence-electron chi connectivity index (χ1n) is 7.04. The summed E-state index contributed by atoms with van der Waals surface area (Å²) >= 11 is 1.79. The van der Waals surface area contributed by atoms with Crippen molar-refractivity contribution in [2.45, 2.75) is 33.0 Å². The molecule has 0 saturated heterocycles. The Kier molecular flexibility index (Phi) is 5.53. The van der Waals surface area contributed by atoms with Gasteiger partial charge in [-0.3, -0.25) is 4.90 Å². The molecule has 0 saturated carbocycles. The molecule has 2 aromatic rings. The number of carbonyl (C=O) groups is 1. The van der Waals surface area contributed by atoms with Crippen molar-refractivity contribution < 1.29 is 9.53 Å². The first-order chi connectivity index (χ1) is 10.1. The van der Waals surface area contributed by atoms with Gasteiger partial charge in [0, 0.05) is 24.0 Å². The molecule has 4 heteroatoms. The van der Waals surface area contributed by atoms with Crippen molar-refractivity contribution in [3.8, 4) is 0 Å². The molecule has 0 bridgehead atoms. The molecular formula is C17H21NO2S. The van der Waals surface area contributed by atoms with Gasteiger partial charge in [0.15, 0.2) is 0 Å². The van der Waals surface area contributed by atoms with E-state index in [0.717, 1.165) is 13.1 Å². The lowest BCUT2D eigenvalue weighted by Gasteiger charge is -2.26. The average Bonchev–Trinajstić information content (AvgIpc) is 2.99. The van der Waals surface area contributed by atoms with Gasteiger partial charge in [-0.05, 0) is 43.0 Å². The molecule has 0 amide bonds. The standard InChI is InChI=1S/C17H21NO2S/c1-13(2)18(12-16-5-4-10-21-16)11-14-6-8-15(9-7-14)17(19)20-3/h4-10,13H,11-12H2,1-3H3. The van der Waals surface area contributed by atoms with Crippen LogP contribution < -0.4 is 0 Å². The second-order valence-corrected chi connectivity index (χ2v) is 6.30. The number of methoxy groups -OCH3 is 1. The van der Waals surface area contributed by atoms with Crippen molar-refractivity contribution in [3.05, 3.63) is 57.8 Å². The quantitative estimate of drug-likeness (QED) is 0.757. The smallest absolute Gasteiger partial charge is 0.337 e. The van der Waals surface area contributed by atoms with E-state index < -0.39 is 0 Å². The van der Waals surface area contributed by atoms with Gasteiger partial charge in [0.25, 0.3) is 0 Å². The SMILES string of the molecule is COC(=O)c1ccc(CN(Cc2cccs2)C(C)C)cc1. The van der Waals surface area contributed by atoms with Crippen LogP contribution in [-0.4, -0.2) is 24.0 Å². The Balaban J connectivity index is 2.04. The summed E-state index contributed by atoms with van der Waals surface area (Å²) in [5, 5.41) is 2.11. The maximum Gasteiger partial charge on any atom is 0.337 e. The van der Waals surface area contributed by atoms with E-state index in [4.69, 9.17) is 4.74 Å². The monoisotopic (exact) mass is 303 g/mol. The lowest BCUT2D eigenvalue weighted by Crippen LogP contribution is -2.29. The second kappa shape index (κ2) is 7.38. The molecule has 0 aliphatic heterocycles. The van der Waals surface area contributed by atoms with Crippen LogP contribution >= 0.6 is 11.3 Å². The Labute approximate surface area is 130 Å². The second-order valence-electron chi connectivity index (χ2n) is 5.27. The number of esters is 1. The lowest BCUT2D eigenvalue weighted by atomic mass is 10.1. The van der Waals surface area contributed by atoms with Crippen molar-refractivity contribution in [3.63, 3.8) is 0 Å². The third-order valence-corrected chi connectivity index (χ3v) is 4.29. The minimum absolute atomic E-state index is 0.291. The highest BCUT2D eigenvalue weighted by Gasteiger charge is 2.12. The van der Waals surface area contributed by atoms with Gasteiger partial charge in [-0.2, -0.15) is 0 Å². The zero-order valence-corrected chi connectivity index (χ0v) is 13.5. The number of rotatable bonds is 6. The molecule has 1 aromatic heterocycles. The summed E-state index contributed by atoms with van der Waals surface area (Å²) in [5.74, 6) is -0.291. The fourth-order valence-corrected chi connectivity index (χ4v) is 2.85. The van der Waals surface area contributed by atoms with E-state index in [0.29, 0.717) is 11.6 Å². The highest BCUT2D eigenvalue weighted by molar-refractivity contribution is 7.09. The number of ether oxygens (including phenoxy) is 1. The molecule has 0 aliphatic rings. The van der Waals surface area contributed by atoms with Crippen LogP contribution in [0.1, 0.15) is 34.6 Å². The van der Waals surface area contributed by atoms with Gasteiger partial charge in [-0.25, -0.2) is 4.79 Å². The van der Waals surface area contributed by atoms with Crippen LogP contribution in [0.3, 0.4) is 0 Å². The van der Waals surface area contributed by atoms with Crippen molar-refractivity contribution in [2.24, 2.45) is 0 Å². The number of nitrogens with zero attached hydrogens (tertiary/aromatic N) is 1. The highest BCUT2D eigenvalue weighted by Crippen LogP contribution is 2.17. The summed E-state index contributed by atoms with van der Waals surface area (Å²) in [6.07, 6.45) is 0. The van der Waals surface area contributed by atoms with Crippen molar-refractivity contribution >= 4 is 17.3 Å². The first kappa shape index (κ1) is 15.7. The summed E-state index contributed by atoms with van der Waals surface area (Å²) in [7, 11) is 1.40. The zero-order chi connectivity index (χ0) is 15.2. The lowest BCUT2D eigenvalue weighted by molar-refractivity contribution is 0.0600. The van der Waals surface area contributed by atoms with Gasteiger partial charge in [-0.1, -0.05) is 18.2 Å². The van der Waals surface area contributed by atoms with Crippen LogP contribution in [0.5, 0.6) is 0 Å². The molecule has 3 nitrogen and oxygen atoms in total. The van der Waals surface area contributed by atoms with E-state index in [1.807, 2.05) is 24.3 Å². The number of hydrogen-bond acceptors (Lipinski definition) is 4. The molecule has 2 rings (SSSR count). The van der Waals surface area contributed by atoms with E-state index in [9.17, 15) is 4.79 Å². The molecule has 0 spiro atoms. The first-order valence-corrected chi connectivity index (χ1v) is 7.92. The van der Waals surface area contributed by atoms with E-state index in [1.165, 1.54) is 17.6 Å². The number of thiophene rings is 1. The third-order valence-electron chi connectivity index (χ3n) is 3.43. The maximum atomic E-state index is 11.4. The molecule has 0 unspecified atom stereocenters. The predicted octanol–water partition coefficient (Wildman–Crippen LogP) is 3.95. The fourth-order valence-electron chi connectivity index (χ4n) is 2.12. The van der Waals surface area contributed by atoms with Gasteiger partial charge >= 0.3 is 5.97 Å².